The van der Waals surface area contributed by atoms with Gasteiger partial charge in [0.25, 0.3) is 5.91 Å². The van der Waals surface area contributed by atoms with Crippen LogP contribution in [0.25, 0.3) is 11.0 Å². The third kappa shape index (κ3) is 3.08. The van der Waals surface area contributed by atoms with Crippen molar-refractivity contribution in [2.24, 2.45) is 7.05 Å². The number of hydrogen-bond acceptors (Lipinski definition) is 4. The summed E-state index contributed by atoms with van der Waals surface area (Å²) in [5.41, 5.74) is 1.92. The van der Waals surface area contributed by atoms with E-state index in [1.807, 2.05) is 20.8 Å². The third-order valence-electron chi connectivity index (χ3n) is 3.76. The molecule has 0 spiro atoms. The summed E-state index contributed by atoms with van der Waals surface area (Å²) in [5.74, 6) is -0.239. The molecule has 0 aliphatic heterocycles. The first kappa shape index (κ1) is 16.0. The monoisotopic (exact) mass is 325 g/mol. The number of aryl methyl sites for hydroxylation is 1. The van der Waals surface area contributed by atoms with Crippen molar-refractivity contribution in [2.75, 3.05) is 5.32 Å². The van der Waals surface area contributed by atoms with Gasteiger partial charge in [0.15, 0.2) is 0 Å². The maximum Gasteiger partial charge on any atom is 0.336 e. The zero-order valence-electron chi connectivity index (χ0n) is 14.1. The fourth-order valence-corrected chi connectivity index (χ4v) is 2.39. The molecule has 0 unspecified atom stereocenters. The third-order valence-corrected chi connectivity index (χ3v) is 3.76. The molecule has 0 radical (unpaired) electrons. The van der Waals surface area contributed by atoms with E-state index in [0.717, 1.165) is 11.1 Å². The molecule has 0 saturated heterocycles. The second-order valence-electron chi connectivity index (χ2n) is 6.75. The SMILES string of the molecule is Cn1nc(C(C)(C)C)cc1C(=O)Nc1ccc2oc(=O)ccc2c1. The Morgan fingerprint density at radius 1 is 1.17 bits per heavy atom. The molecule has 0 fully saturated rings. The van der Waals surface area contributed by atoms with Gasteiger partial charge >= 0.3 is 5.63 Å². The fourth-order valence-electron chi connectivity index (χ4n) is 2.39. The highest BCUT2D eigenvalue weighted by atomic mass is 16.4. The lowest BCUT2D eigenvalue weighted by Crippen LogP contribution is -2.16. The molecule has 3 rings (SSSR count). The average Bonchev–Trinajstić information content (AvgIpc) is 2.89. The summed E-state index contributed by atoms with van der Waals surface area (Å²) >= 11 is 0. The van der Waals surface area contributed by atoms with Crippen LogP contribution in [0, 0.1) is 0 Å². The summed E-state index contributed by atoms with van der Waals surface area (Å²) in [6, 6.07) is 9.94. The topological polar surface area (TPSA) is 77.1 Å². The number of carbonyl (C=O) groups is 1. The molecule has 0 aliphatic rings. The van der Waals surface area contributed by atoms with Crippen molar-refractivity contribution < 1.29 is 9.21 Å². The molecule has 1 amide bonds. The van der Waals surface area contributed by atoms with Gasteiger partial charge in [-0.05, 0) is 30.3 Å². The number of aromatic nitrogens is 2. The van der Waals surface area contributed by atoms with Crippen LogP contribution in [0.2, 0.25) is 0 Å². The summed E-state index contributed by atoms with van der Waals surface area (Å²) in [4.78, 5) is 23.7. The van der Waals surface area contributed by atoms with Crippen LogP contribution >= 0.6 is 0 Å². The van der Waals surface area contributed by atoms with Gasteiger partial charge in [0.2, 0.25) is 0 Å². The Morgan fingerprint density at radius 2 is 1.92 bits per heavy atom. The number of hydrogen-bond donors (Lipinski definition) is 1. The summed E-state index contributed by atoms with van der Waals surface area (Å²) in [6.07, 6.45) is 0. The summed E-state index contributed by atoms with van der Waals surface area (Å²) in [6.45, 7) is 6.15. The normalized spacial score (nSPS) is 11.7. The van der Waals surface area contributed by atoms with E-state index in [-0.39, 0.29) is 11.3 Å². The molecule has 0 saturated carbocycles. The van der Waals surface area contributed by atoms with Gasteiger partial charge in [-0.1, -0.05) is 20.8 Å². The number of benzene rings is 1. The highest BCUT2D eigenvalue weighted by molar-refractivity contribution is 6.04. The van der Waals surface area contributed by atoms with Gasteiger partial charge in [0.1, 0.15) is 11.3 Å². The van der Waals surface area contributed by atoms with Crippen molar-refractivity contribution in [3.05, 3.63) is 58.2 Å². The highest BCUT2D eigenvalue weighted by Crippen LogP contribution is 2.22. The van der Waals surface area contributed by atoms with Crippen molar-refractivity contribution in [1.29, 1.82) is 0 Å². The van der Waals surface area contributed by atoms with E-state index in [1.54, 1.807) is 42.1 Å². The lowest BCUT2D eigenvalue weighted by atomic mass is 9.92. The largest absolute Gasteiger partial charge is 0.423 e. The smallest absolute Gasteiger partial charge is 0.336 e. The molecule has 3 aromatic rings. The van der Waals surface area contributed by atoms with Gasteiger partial charge < -0.3 is 9.73 Å². The molecule has 6 heteroatoms. The van der Waals surface area contributed by atoms with Crippen LogP contribution in [0.1, 0.15) is 37.0 Å². The Bertz CT molecular complexity index is 977. The number of carbonyl (C=O) groups excluding carboxylic acids is 1. The van der Waals surface area contributed by atoms with Crippen molar-refractivity contribution in [3.63, 3.8) is 0 Å². The van der Waals surface area contributed by atoms with E-state index < -0.39 is 5.63 Å². The number of anilines is 1. The summed E-state index contributed by atoms with van der Waals surface area (Å²) in [5, 5.41) is 8.00. The molecule has 1 N–H and O–H groups in total. The van der Waals surface area contributed by atoms with Crippen molar-refractivity contribution in [2.45, 2.75) is 26.2 Å². The van der Waals surface area contributed by atoms with Crippen LogP contribution in [-0.4, -0.2) is 15.7 Å². The number of nitrogens with zero attached hydrogens (tertiary/aromatic N) is 2. The van der Waals surface area contributed by atoms with Crippen molar-refractivity contribution in [3.8, 4) is 0 Å². The van der Waals surface area contributed by atoms with Gasteiger partial charge in [-0.3, -0.25) is 9.48 Å². The Balaban J connectivity index is 1.88. The van der Waals surface area contributed by atoms with Gasteiger partial charge in [0.05, 0.1) is 5.69 Å². The Kier molecular flexibility index (Phi) is 3.75. The van der Waals surface area contributed by atoms with Gasteiger partial charge in [0, 0.05) is 29.6 Å². The second kappa shape index (κ2) is 5.63. The number of fused-ring (bicyclic) bond motifs is 1. The van der Waals surface area contributed by atoms with E-state index in [2.05, 4.69) is 10.4 Å². The minimum atomic E-state index is -0.399. The van der Waals surface area contributed by atoms with Gasteiger partial charge in [-0.25, -0.2) is 4.79 Å². The van der Waals surface area contributed by atoms with Crippen LogP contribution in [0.3, 0.4) is 0 Å². The van der Waals surface area contributed by atoms with Crippen LogP contribution in [0.4, 0.5) is 5.69 Å². The lowest BCUT2D eigenvalue weighted by molar-refractivity contribution is 0.101. The average molecular weight is 325 g/mol. The molecule has 0 atom stereocenters. The Hall–Kier alpha value is -2.89. The molecule has 0 aliphatic carbocycles. The minimum absolute atomic E-state index is 0.128. The minimum Gasteiger partial charge on any atom is -0.423 e. The van der Waals surface area contributed by atoms with Crippen molar-refractivity contribution in [1.82, 2.24) is 9.78 Å². The van der Waals surface area contributed by atoms with E-state index in [1.165, 1.54) is 6.07 Å². The molecule has 1 aromatic carbocycles. The van der Waals surface area contributed by atoms with E-state index in [9.17, 15) is 9.59 Å². The number of rotatable bonds is 2. The highest BCUT2D eigenvalue weighted by Gasteiger charge is 2.21. The van der Waals surface area contributed by atoms with E-state index in [0.29, 0.717) is 17.0 Å². The molecule has 24 heavy (non-hydrogen) atoms. The first-order valence-corrected chi connectivity index (χ1v) is 7.64. The van der Waals surface area contributed by atoms with Crippen LogP contribution in [0.5, 0.6) is 0 Å². The van der Waals surface area contributed by atoms with Crippen LogP contribution in [-0.2, 0) is 12.5 Å². The van der Waals surface area contributed by atoms with Crippen LogP contribution < -0.4 is 10.9 Å². The first-order chi connectivity index (χ1) is 11.2. The number of nitrogens with one attached hydrogen (secondary N) is 1. The zero-order chi connectivity index (χ0) is 17.5. The van der Waals surface area contributed by atoms with Gasteiger partial charge in [-0.15, -0.1) is 0 Å². The quantitative estimate of drug-likeness (QED) is 0.735. The summed E-state index contributed by atoms with van der Waals surface area (Å²) < 4.78 is 6.66. The molecule has 2 heterocycles. The predicted molar refractivity (Wildman–Crippen MR) is 92.3 cm³/mol. The maximum absolute atomic E-state index is 12.5. The van der Waals surface area contributed by atoms with E-state index in [4.69, 9.17) is 4.42 Å². The van der Waals surface area contributed by atoms with Crippen molar-refractivity contribution >= 4 is 22.6 Å². The second-order valence-corrected chi connectivity index (χ2v) is 6.75. The first-order valence-electron chi connectivity index (χ1n) is 7.64. The Labute approximate surface area is 139 Å². The summed E-state index contributed by atoms with van der Waals surface area (Å²) in [7, 11) is 1.75. The molecular formula is C18H19N3O3. The Morgan fingerprint density at radius 3 is 2.58 bits per heavy atom. The van der Waals surface area contributed by atoms with Gasteiger partial charge in [-0.2, -0.15) is 5.10 Å². The predicted octanol–water partition coefficient (Wildman–Crippen LogP) is 3.08. The molecule has 124 valence electrons. The number of amides is 1. The van der Waals surface area contributed by atoms with Crippen LogP contribution in [0.15, 0.2) is 45.6 Å². The fraction of sp³-hybridized carbons (Fsp3) is 0.278. The molecule has 6 nitrogen and oxygen atoms in total. The lowest BCUT2D eigenvalue weighted by Gasteiger charge is -2.13. The maximum atomic E-state index is 12.5. The molecule has 0 bridgehead atoms. The zero-order valence-corrected chi connectivity index (χ0v) is 14.1. The molecule has 2 aromatic heterocycles. The standard InChI is InChI=1S/C18H19N3O3/c1-18(2,3)15-10-13(21(4)20-15)17(23)19-12-6-7-14-11(9-12)5-8-16(22)24-14/h5-10H,1-4H3,(H,19,23). The van der Waals surface area contributed by atoms with E-state index >= 15 is 0 Å². The molecular weight excluding hydrogens is 306 g/mol.